The molecule has 0 saturated carbocycles. The quantitative estimate of drug-likeness (QED) is 0.590. The van der Waals surface area contributed by atoms with Crippen LogP contribution in [-0.2, 0) is 24.9 Å². The molecular formula is C15H23N9O. The van der Waals surface area contributed by atoms with Gasteiger partial charge in [-0.3, -0.25) is 14.5 Å². The van der Waals surface area contributed by atoms with Crippen molar-refractivity contribution in [3.05, 3.63) is 24.5 Å². The highest BCUT2D eigenvalue weighted by molar-refractivity contribution is 5.98. The Bertz CT molecular complexity index is 763. The van der Waals surface area contributed by atoms with Gasteiger partial charge in [0.2, 0.25) is 5.91 Å². The van der Waals surface area contributed by atoms with Gasteiger partial charge in [-0.2, -0.15) is 5.10 Å². The van der Waals surface area contributed by atoms with Gasteiger partial charge in [0.1, 0.15) is 12.9 Å². The van der Waals surface area contributed by atoms with Crippen molar-refractivity contribution in [1.29, 1.82) is 0 Å². The van der Waals surface area contributed by atoms with E-state index in [0.29, 0.717) is 25.6 Å². The smallest absolute Gasteiger partial charge is 0.246 e. The molecule has 2 aromatic heterocycles. The molecule has 1 fully saturated rings. The van der Waals surface area contributed by atoms with Crippen LogP contribution in [0.2, 0.25) is 0 Å². The number of aryl methyl sites for hydroxylation is 2. The fourth-order valence-electron chi connectivity index (χ4n) is 2.85. The van der Waals surface area contributed by atoms with Crippen molar-refractivity contribution in [1.82, 2.24) is 34.8 Å². The molecule has 0 radical (unpaired) electrons. The van der Waals surface area contributed by atoms with Crippen molar-refractivity contribution < 1.29 is 4.79 Å². The van der Waals surface area contributed by atoms with Crippen molar-refractivity contribution in [2.45, 2.75) is 20.0 Å². The van der Waals surface area contributed by atoms with E-state index in [1.165, 1.54) is 0 Å². The number of aliphatic imine (C=N–C) groups is 1. The maximum Gasteiger partial charge on any atom is 0.246 e. The molecule has 0 bridgehead atoms. The molecule has 10 heteroatoms. The average molecular weight is 345 g/mol. The Morgan fingerprint density at radius 2 is 2.24 bits per heavy atom. The topological polar surface area (TPSA) is 96.5 Å². The molecule has 3 heterocycles. The Morgan fingerprint density at radius 1 is 1.40 bits per heavy atom. The van der Waals surface area contributed by atoms with Crippen LogP contribution in [0.1, 0.15) is 12.7 Å². The van der Waals surface area contributed by atoms with Crippen molar-refractivity contribution >= 4 is 17.6 Å². The van der Waals surface area contributed by atoms with Crippen molar-refractivity contribution in [2.24, 2.45) is 12.0 Å². The molecule has 10 nitrogen and oxygen atoms in total. The van der Waals surface area contributed by atoms with Crippen molar-refractivity contribution in [3.8, 4) is 0 Å². The number of carbonyl (C=O) groups excluding carboxylic acids is 1. The number of anilines is 1. The number of aromatic nitrogens is 5. The molecule has 0 spiro atoms. The monoisotopic (exact) mass is 345 g/mol. The third-order valence-corrected chi connectivity index (χ3v) is 4.18. The minimum atomic E-state index is 0.0268. The molecule has 1 aliphatic heterocycles. The van der Waals surface area contributed by atoms with E-state index in [2.05, 4.69) is 25.6 Å². The zero-order chi connectivity index (χ0) is 17.8. The van der Waals surface area contributed by atoms with Crippen LogP contribution in [-0.4, -0.2) is 68.0 Å². The van der Waals surface area contributed by atoms with Crippen LogP contribution in [0.25, 0.3) is 0 Å². The summed E-state index contributed by atoms with van der Waals surface area (Å²) in [5.41, 5.74) is 0.825. The second-order valence-electron chi connectivity index (χ2n) is 5.77. The van der Waals surface area contributed by atoms with E-state index in [1.807, 2.05) is 29.6 Å². The van der Waals surface area contributed by atoms with Gasteiger partial charge in [-0.05, 0) is 6.92 Å². The molecule has 1 aliphatic rings. The van der Waals surface area contributed by atoms with Gasteiger partial charge in [-0.1, -0.05) is 0 Å². The molecule has 3 rings (SSSR count). The predicted octanol–water partition coefficient (Wildman–Crippen LogP) is -0.544. The summed E-state index contributed by atoms with van der Waals surface area (Å²) in [4.78, 5) is 20.5. The summed E-state index contributed by atoms with van der Waals surface area (Å²) in [6.07, 6.45) is 5.26. The number of hydrogen-bond acceptors (Lipinski definition) is 5. The van der Waals surface area contributed by atoms with Gasteiger partial charge in [-0.25, -0.2) is 0 Å². The fraction of sp³-hybridized carbons (Fsp3) is 0.533. The predicted molar refractivity (Wildman–Crippen MR) is 93.0 cm³/mol. The maximum atomic E-state index is 12.5. The standard InChI is InChI=1S/C15H23N9O/c1-4-22-11-18-20-13(22)8-17-15(16-2)23-5-6-24(14(25)10-23)12-7-19-21(3)9-12/h7,9,11H,4-6,8,10H2,1-3H3,(H,16,17). The van der Waals surface area contributed by atoms with Crippen LogP contribution in [0.15, 0.2) is 23.7 Å². The van der Waals surface area contributed by atoms with Gasteiger partial charge in [-0.15, -0.1) is 10.2 Å². The minimum Gasteiger partial charge on any atom is -0.349 e. The highest BCUT2D eigenvalue weighted by atomic mass is 16.2. The molecule has 0 aromatic carbocycles. The van der Waals surface area contributed by atoms with E-state index in [9.17, 15) is 4.79 Å². The average Bonchev–Trinajstić information content (AvgIpc) is 3.24. The second kappa shape index (κ2) is 7.32. The lowest BCUT2D eigenvalue weighted by Gasteiger charge is -2.35. The first-order valence-corrected chi connectivity index (χ1v) is 8.23. The van der Waals surface area contributed by atoms with Gasteiger partial charge < -0.3 is 19.7 Å². The van der Waals surface area contributed by atoms with E-state index >= 15 is 0 Å². The molecular weight excluding hydrogens is 322 g/mol. The maximum absolute atomic E-state index is 12.5. The lowest BCUT2D eigenvalue weighted by Crippen LogP contribution is -2.55. The van der Waals surface area contributed by atoms with Crippen LogP contribution in [0, 0.1) is 0 Å². The zero-order valence-corrected chi connectivity index (χ0v) is 14.8. The summed E-state index contributed by atoms with van der Waals surface area (Å²) in [6, 6.07) is 0. The van der Waals surface area contributed by atoms with E-state index in [0.717, 1.165) is 18.1 Å². The first-order valence-electron chi connectivity index (χ1n) is 8.23. The molecule has 1 N–H and O–H groups in total. The van der Waals surface area contributed by atoms with Crippen LogP contribution >= 0.6 is 0 Å². The van der Waals surface area contributed by atoms with Gasteiger partial charge in [0.25, 0.3) is 0 Å². The molecule has 1 amide bonds. The third-order valence-electron chi connectivity index (χ3n) is 4.18. The number of nitrogens with zero attached hydrogens (tertiary/aromatic N) is 8. The summed E-state index contributed by atoms with van der Waals surface area (Å²) in [5.74, 6) is 1.55. The van der Waals surface area contributed by atoms with E-state index in [1.54, 1.807) is 29.2 Å². The molecule has 1 saturated heterocycles. The normalized spacial score (nSPS) is 15.8. The Kier molecular flexibility index (Phi) is 4.96. The first kappa shape index (κ1) is 16.9. The lowest BCUT2D eigenvalue weighted by molar-refractivity contribution is -0.120. The van der Waals surface area contributed by atoms with Gasteiger partial charge in [0.15, 0.2) is 11.8 Å². The van der Waals surface area contributed by atoms with Gasteiger partial charge in [0.05, 0.1) is 18.4 Å². The van der Waals surface area contributed by atoms with E-state index in [-0.39, 0.29) is 12.5 Å². The summed E-state index contributed by atoms with van der Waals surface area (Å²) in [5, 5.41) is 15.4. The number of guanidine groups is 1. The molecule has 0 atom stereocenters. The molecule has 25 heavy (non-hydrogen) atoms. The number of nitrogens with one attached hydrogen (secondary N) is 1. The van der Waals surface area contributed by atoms with E-state index in [4.69, 9.17) is 0 Å². The second-order valence-corrected chi connectivity index (χ2v) is 5.77. The van der Waals surface area contributed by atoms with Crippen LogP contribution in [0.4, 0.5) is 5.69 Å². The number of hydrogen-bond donors (Lipinski definition) is 1. The largest absolute Gasteiger partial charge is 0.349 e. The molecule has 134 valence electrons. The third kappa shape index (κ3) is 3.62. The Hall–Kier alpha value is -2.91. The highest BCUT2D eigenvalue weighted by Gasteiger charge is 2.27. The molecule has 0 aliphatic carbocycles. The van der Waals surface area contributed by atoms with Crippen LogP contribution in [0.3, 0.4) is 0 Å². The van der Waals surface area contributed by atoms with Crippen molar-refractivity contribution in [2.75, 3.05) is 31.6 Å². The summed E-state index contributed by atoms with van der Waals surface area (Å²) >= 11 is 0. The SMILES string of the molecule is CCn1cnnc1CNC(=NC)N1CCN(c2cnn(C)c2)C(=O)C1. The Balaban J connectivity index is 1.61. The first-order chi connectivity index (χ1) is 12.1. The number of amides is 1. The van der Waals surface area contributed by atoms with Crippen molar-refractivity contribution in [3.63, 3.8) is 0 Å². The molecule has 2 aromatic rings. The highest BCUT2D eigenvalue weighted by Crippen LogP contribution is 2.16. The fourth-order valence-corrected chi connectivity index (χ4v) is 2.85. The van der Waals surface area contributed by atoms with Crippen LogP contribution < -0.4 is 10.2 Å². The van der Waals surface area contributed by atoms with E-state index < -0.39 is 0 Å². The zero-order valence-electron chi connectivity index (χ0n) is 14.8. The summed E-state index contributed by atoms with van der Waals surface area (Å²) in [6.45, 7) is 4.92. The molecule has 0 unspecified atom stereocenters. The minimum absolute atomic E-state index is 0.0268. The van der Waals surface area contributed by atoms with Gasteiger partial charge >= 0.3 is 0 Å². The number of piperazine rings is 1. The number of carbonyl (C=O) groups is 1. The lowest BCUT2D eigenvalue weighted by atomic mass is 10.3. The van der Waals surface area contributed by atoms with Gasteiger partial charge in [0, 0.05) is 39.9 Å². The summed E-state index contributed by atoms with van der Waals surface area (Å²) in [7, 11) is 3.55. The Labute approximate surface area is 146 Å². The number of rotatable bonds is 4. The summed E-state index contributed by atoms with van der Waals surface area (Å²) < 4.78 is 3.66. The Morgan fingerprint density at radius 3 is 2.88 bits per heavy atom. The van der Waals surface area contributed by atoms with Crippen LogP contribution in [0.5, 0.6) is 0 Å².